The van der Waals surface area contributed by atoms with E-state index in [4.69, 9.17) is 0 Å². The van der Waals surface area contributed by atoms with E-state index in [1.165, 1.54) is 11.5 Å². The molecule has 2 bridgehead atoms. The molecule has 2 saturated heterocycles. The number of nitrogens with zero attached hydrogens (tertiary/aromatic N) is 4. The van der Waals surface area contributed by atoms with E-state index in [-0.39, 0.29) is 24.0 Å². The molecule has 2 aromatic rings. The van der Waals surface area contributed by atoms with Crippen molar-refractivity contribution < 1.29 is 9.59 Å². The minimum Gasteiger partial charge on any atom is -0.333 e. The van der Waals surface area contributed by atoms with Gasteiger partial charge < -0.3 is 15.1 Å². The lowest BCUT2D eigenvalue weighted by atomic mass is 10.2. The topological polar surface area (TPSA) is 78.4 Å². The molecule has 2 atom stereocenters. The zero-order valence-corrected chi connectivity index (χ0v) is 15.7. The molecule has 4 rings (SSSR count). The van der Waals surface area contributed by atoms with Gasteiger partial charge in [0.05, 0.1) is 12.1 Å². The van der Waals surface area contributed by atoms with Crippen LogP contribution in [0.4, 0.5) is 10.5 Å². The number of hydrogen-bond donors (Lipinski definition) is 1. The summed E-state index contributed by atoms with van der Waals surface area (Å²) in [5, 5.41) is 8.48. The van der Waals surface area contributed by atoms with Crippen LogP contribution in [-0.2, 0) is 0 Å². The van der Waals surface area contributed by atoms with E-state index < -0.39 is 0 Å². The SMILES string of the molecule is O=C(c1csnn1)N1CC2CCC(C1)N2C(=O)Nc1cccc(Br)c1. The van der Waals surface area contributed by atoms with Crippen LogP contribution in [0.25, 0.3) is 0 Å². The summed E-state index contributed by atoms with van der Waals surface area (Å²) in [7, 11) is 0. The van der Waals surface area contributed by atoms with Crippen LogP contribution >= 0.6 is 27.5 Å². The highest BCUT2D eigenvalue weighted by Gasteiger charge is 2.44. The largest absolute Gasteiger partial charge is 0.333 e. The molecule has 3 heterocycles. The van der Waals surface area contributed by atoms with Crippen molar-refractivity contribution >= 4 is 45.1 Å². The van der Waals surface area contributed by atoms with Crippen LogP contribution in [0.1, 0.15) is 23.3 Å². The molecule has 3 amide bonds. The number of rotatable bonds is 2. The van der Waals surface area contributed by atoms with E-state index in [1.807, 2.05) is 29.2 Å². The van der Waals surface area contributed by atoms with Crippen molar-refractivity contribution in [2.45, 2.75) is 24.9 Å². The smallest absolute Gasteiger partial charge is 0.322 e. The normalized spacial score (nSPS) is 22.1. The molecule has 130 valence electrons. The number of piperazine rings is 1. The van der Waals surface area contributed by atoms with Crippen molar-refractivity contribution in [1.29, 1.82) is 0 Å². The molecule has 0 radical (unpaired) electrons. The molecule has 1 aromatic carbocycles. The third-order valence-electron chi connectivity index (χ3n) is 4.66. The highest BCUT2D eigenvalue weighted by Crippen LogP contribution is 2.31. The lowest BCUT2D eigenvalue weighted by Gasteiger charge is -2.40. The first kappa shape index (κ1) is 16.5. The van der Waals surface area contributed by atoms with Crippen molar-refractivity contribution in [3.8, 4) is 0 Å². The second-order valence-electron chi connectivity index (χ2n) is 6.23. The van der Waals surface area contributed by atoms with Gasteiger partial charge >= 0.3 is 6.03 Å². The lowest BCUT2D eigenvalue weighted by molar-refractivity contribution is 0.0546. The maximum atomic E-state index is 12.7. The molecule has 25 heavy (non-hydrogen) atoms. The molecule has 1 N–H and O–H groups in total. The number of benzene rings is 1. The second-order valence-corrected chi connectivity index (χ2v) is 7.76. The van der Waals surface area contributed by atoms with Gasteiger partial charge in [0.1, 0.15) is 0 Å². The summed E-state index contributed by atoms with van der Waals surface area (Å²) in [5.74, 6) is -0.0994. The molecular formula is C16H16BrN5O2S. The maximum absolute atomic E-state index is 12.7. The van der Waals surface area contributed by atoms with Gasteiger partial charge in [0, 0.05) is 28.6 Å². The molecule has 0 spiro atoms. The standard InChI is InChI=1S/C16H16BrN5O2S/c17-10-2-1-3-11(6-10)18-16(24)22-12-4-5-13(22)8-21(7-12)15(23)14-9-25-20-19-14/h1-3,6,9,12-13H,4-5,7-8H2,(H,18,24). The molecular weight excluding hydrogens is 406 g/mol. The van der Waals surface area contributed by atoms with Crippen molar-refractivity contribution in [1.82, 2.24) is 19.4 Å². The van der Waals surface area contributed by atoms with Gasteiger partial charge in [-0.25, -0.2) is 4.79 Å². The molecule has 9 heteroatoms. The van der Waals surface area contributed by atoms with Crippen LogP contribution in [0.15, 0.2) is 34.1 Å². The minimum atomic E-state index is -0.104. The summed E-state index contributed by atoms with van der Waals surface area (Å²) < 4.78 is 4.67. The highest BCUT2D eigenvalue weighted by molar-refractivity contribution is 9.10. The maximum Gasteiger partial charge on any atom is 0.322 e. The van der Waals surface area contributed by atoms with Crippen molar-refractivity contribution in [2.24, 2.45) is 0 Å². The van der Waals surface area contributed by atoms with Crippen LogP contribution in [0, 0.1) is 0 Å². The first-order chi connectivity index (χ1) is 12.1. The van der Waals surface area contributed by atoms with Gasteiger partial charge in [0.15, 0.2) is 5.69 Å². The van der Waals surface area contributed by atoms with E-state index in [1.54, 1.807) is 10.3 Å². The molecule has 7 nitrogen and oxygen atoms in total. The number of carbonyl (C=O) groups is 2. The van der Waals surface area contributed by atoms with Crippen molar-refractivity contribution in [3.05, 3.63) is 39.8 Å². The number of hydrogen-bond acceptors (Lipinski definition) is 5. The summed E-state index contributed by atoms with van der Waals surface area (Å²) in [5.41, 5.74) is 1.14. The molecule has 2 aliphatic rings. The van der Waals surface area contributed by atoms with E-state index in [0.29, 0.717) is 18.8 Å². The monoisotopic (exact) mass is 421 g/mol. The van der Waals surface area contributed by atoms with Gasteiger partial charge in [-0.2, -0.15) is 0 Å². The fraction of sp³-hybridized carbons (Fsp3) is 0.375. The van der Waals surface area contributed by atoms with Crippen LogP contribution in [0.3, 0.4) is 0 Å². The summed E-state index contributed by atoms with van der Waals surface area (Å²) in [6.07, 6.45) is 1.82. The summed E-state index contributed by atoms with van der Waals surface area (Å²) in [4.78, 5) is 28.9. The Labute approximate surface area is 157 Å². The third kappa shape index (κ3) is 3.25. The van der Waals surface area contributed by atoms with Crippen LogP contribution in [0.5, 0.6) is 0 Å². The van der Waals surface area contributed by atoms with Crippen molar-refractivity contribution in [3.63, 3.8) is 0 Å². The van der Waals surface area contributed by atoms with Gasteiger partial charge in [0.2, 0.25) is 0 Å². The lowest BCUT2D eigenvalue weighted by Crippen LogP contribution is -2.58. The Hall–Kier alpha value is -2.00. The Bertz CT molecular complexity index is 786. The van der Waals surface area contributed by atoms with E-state index in [9.17, 15) is 9.59 Å². The number of amides is 3. The first-order valence-electron chi connectivity index (χ1n) is 8.03. The van der Waals surface area contributed by atoms with E-state index >= 15 is 0 Å². The van der Waals surface area contributed by atoms with Gasteiger partial charge in [0.25, 0.3) is 5.91 Å². The quantitative estimate of drug-likeness (QED) is 0.808. The number of fused-ring (bicyclic) bond motifs is 2. The summed E-state index contributed by atoms with van der Waals surface area (Å²) in [6.45, 7) is 1.08. The fourth-order valence-electron chi connectivity index (χ4n) is 3.57. The van der Waals surface area contributed by atoms with Crippen LogP contribution in [0.2, 0.25) is 0 Å². The van der Waals surface area contributed by atoms with E-state index in [0.717, 1.165) is 23.0 Å². The van der Waals surface area contributed by atoms with Gasteiger partial charge in [-0.1, -0.05) is 26.5 Å². The number of aromatic nitrogens is 2. The van der Waals surface area contributed by atoms with Crippen LogP contribution in [-0.4, -0.2) is 56.5 Å². The molecule has 0 saturated carbocycles. The van der Waals surface area contributed by atoms with Gasteiger partial charge in [-0.15, -0.1) is 5.10 Å². The fourth-order valence-corrected chi connectivity index (χ4v) is 4.40. The second kappa shape index (κ2) is 6.72. The molecule has 2 aliphatic heterocycles. The third-order valence-corrected chi connectivity index (χ3v) is 5.66. The average Bonchev–Trinajstić information content (AvgIpc) is 3.21. The molecule has 2 unspecified atom stereocenters. The Kier molecular flexibility index (Phi) is 4.43. The zero-order valence-electron chi connectivity index (χ0n) is 13.3. The first-order valence-corrected chi connectivity index (χ1v) is 9.66. The van der Waals surface area contributed by atoms with Gasteiger partial charge in [-0.3, -0.25) is 4.79 Å². The number of carbonyl (C=O) groups excluding carboxylic acids is 2. The minimum absolute atomic E-state index is 0.0430. The van der Waals surface area contributed by atoms with Crippen LogP contribution < -0.4 is 5.32 Å². The summed E-state index contributed by atoms with van der Waals surface area (Å²) >= 11 is 4.58. The molecule has 0 aliphatic carbocycles. The number of nitrogens with one attached hydrogen (secondary N) is 1. The number of urea groups is 1. The number of anilines is 1. The van der Waals surface area contributed by atoms with E-state index in [2.05, 4.69) is 30.8 Å². The predicted octanol–water partition coefficient (Wildman–Crippen LogP) is 2.82. The molecule has 2 fully saturated rings. The number of likely N-dealkylation sites (tertiary alicyclic amines) is 1. The molecule has 1 aromatic heterocycles. The van der Waals surface area contributed by atoms with Crippen molar-refractivity contribution in [2.75, 3.05) is 18.4 Å². The zero-order chi connectivity index (χ0) is 17.4. The average molecular weight is 422 g/mol. The van der Waals surface area contributed by atoms with Gasteiger partial charge in [-0.05, 0) is 42.6 Å². The number of halogens is 1. The highest BCUT2D eigenvalue weighted by atomic mass is 79.9. The Balaban J connectivity index is 1.45. The Morgan fingerprint density at radius 2 is 2.00 bits per heavy atom. The Morgan fingerprint density at radius 1 is 1.24 bits per heavy atom. The Morgan fingerprint density at radius 3 is 2.64 bits per heavy atom. The predicted molar refractivity (Wildman–Crippen MR) is 97.6 cm³/mol. The summed E-state index contributed by atoms with van der Waals surface area (Å²) in [6, 6.07) is 7.51.